The molecule has 0 unspecified atom stereocenters. The minimum Gasteiger partial charge on any atom is -0.489 e. The van der Waals surface area contributed by atoms with Crippen molar-refractivity contribution in [2.45, 2.75) is 13.8 Å². The van der Waals surface area contributed by atoms with E-state index in [1.165, 1.54) is 16.7 Å². The summed E-state index contributed by atoms with van der Waals surface area (Å²) >= 11 is 0. The zero-order chi connectivity index (χ0) is 12.8. The van der Waals surface area contributed by atoms with Crippen molar-refractivity contribution >= 4 is 6.08 Å². The predicted octanol–water partition coefficient (Wildman–Crippen LogP) is 4.40. The van der Waals surface area contributed by atoms with Gasteiger partial charge in [-0.15, -0.1) is 0 Å². The molecule has 0 aromatic heterocycles. The molecule has 0 aliphatic rings. The first-order valence-corrected chi connectivity index (χ1v) is 6.17. The van der Waals surface area contributed by atoms with Crippen molar-refractivity contribution in [3.8, 4) is 5.75 Å². The molecule has 0 atom stereocenters. The summed E-state index contributed by atoms with van der Waals surface area (Å²) in [6.45, 7) is 4.74. The third kappa shape index (κ3) is 3.49. The Hall–Kier alpha value is -2.02. The Bertz CT molecular complexity index is 527. The number of benzene rings is 2. The molecule has 2 aromatic rings. The Kier molecular flexibility index (Phi) is 4.19. The molecule has 0 saturated carbocycles. The van der Waals surface area contributed by atoms with Crippen LogP contribution in [0.25, 0.3) is 6.08 Å². The summed E-state index contributed by atoms with van der Waals surface area (Å²) in [5, 5.41) is 0. The maximum absolute atomic E-state index is 5.75. The van der Waals surface area contributed by atoms with E-state index in [2.05, 4.69) is 50.3 Å². The normalized spacial score (nSPS) is 10.8. The fraction of sp³-hybridized carbons (Fsp3) is 0.176. The zero-order valence-corrected chi connectivity index (χ0v) is 10.9. The third-order valence-electron chi connectivity index (χ3n) is 2.79. The lowest BCUT2D eigenvalue weighted by molar-refractivity contribution is 0.361. The average molecular weight is 238 g/mol. The predicted molar refractivity (Wildman–Crippen MR) is 76.9 cm³/mol. The van der Waals surface area contributed by atoms with Crippen LogP contribution in [-0.2, 0) is 0 Å². The standard InChI is InChI=1S/C17H18O/c1-14-10-11-15(2)17(13-14)18-12-6-9-16-7-4-3-5-8-16/h3-11,13H,12H2,1-2H3/b9-6+. The first kappa shape index (κ1) is 12.4. The van der Waals surface area contributed by atoms with E-state index in [9.17, 15) is 0 Å². The molecule has 0 aliphatic carbocycles. The van der Waals surface area contributed by atoms with Crippen LogP contribution in [0.5, 0.6) is 5.75 Å². The smallest absolute Gasteiger partial charge is 0.122 e. The van der Waals surface area contributed by atoms with Crippen LogP contribution in [0.1, 0.15) is 16.7 Å². The lowest BCUT2D eigenvalue weighted by atomic mass is 10.1. The van der Waals surface area contributed by atoms with Gasteiger partial charge in [0.25, 0.3) is 0 Å². The third-order valence-corrected chi connectivity index (χ3v) is 2.79. The van der Waals surface area contributed by atoms with Crippen molar-refractivity contribution in [2.75, 3.05) is 6.61 Å². The molecular formula is C17H18O. The topological polar surface area (TPSA) is 9.23 Å². The molecule has 0 fully saturated rings. The summed E-state index contributed by atoms with van der Waals surface area (Å²) in [4.78, 5) is 0. The fourth-order valence-corrected chi connectivity index (χ4v) is 1.75. The van der Waals surface area contributed by atoms with Crippen LogP contribution < -0.4 is 4.74 Å². The van der Waals surface area contributed by atoms with Crippen LogP contribution in [-0.4, -0.2) is 6.61 Å². The molecule has 1 heteroatoms. The van der Waals surface area contributed by atoms with Gasteiger partial charge in [-0.3, -0.25) is 0 Å². The zero-order valence-electron chi connectivity index (χ0n) is 10.9. The molecule has 18 heavy (non-hydrogen) atoms. The number of hydrogen-bond acceptors (Lipinski definition) is 1. The summed E-state index contributed by atoms with van der Waals surface area (Å²) in [6, 6.07) is 16.5. The largest absolute Gasteiger partial charge is 0.489 e. The van der Waals surface area contributed by atoms with E-state index in [-0.39, 0.29) is 0 Å². The van der Waals surface area contributed by atoms with Crippen molar-refractivity contribution in [2.24, 2.45) is 0 Å². The highest BCUT2D eigenvalue weighted by atomic mass is 16.5. The average Bonchev–Trinajstić information content (AvgIpc) is 2.40. The molecule has 0 bridgehead atoms. The monoisotopic (exact) mass is 238 g/mol. The Morgan fingerprint density at radius 3 is 2.56 bits per heavy atom. The lowest BCUT2D eigenvalue weighted by Gasteiger charge is -2.07. The molecule has 0 aliphatic heterocycles. The van der Waals surface area contributed by atoms with Crippen molar-refractivity contribution < 1.29 is 4.74 Å². The van der Waals surface area contributed by atoms with Gasteiger partial charge in [0, 0.05) is 0 Å². The minimum atomic E-state index is 0.596. The molecular weight excluding hydrogens is 220 g/mol. The van der Waals surface area contributed by atoms with Gasteiger partial charge < -0.3 is 4.74 Å². The first-order valence-electron chi connectivity index (χ1n) is 6.17. The van der Waals surface area contributed by atoms with Gasteiger partial charge in [0.2, 0.25) is 0 Å². The van der Waals surface area contributed by atoms with Crippen LogP contribution in [0.2, 0.25) is 0 Å². The second-order valence-corrected chi connectivity index (χ2v) is 4.39. The van der Waals surface area contributed by atoms with Gasteiger partial charge in [-0.2, -0.15) is 0 Å². The van der Waals surface area contributed by atoms with Crippen LogP contribution in [0.3, 0.4) is 0 Å². The highest BCUT2D eigenvalue weighted by Gasteiger charge is 1.97. The van der Waals surface area contributed by atoms with E-state index in [0.717, 1.165) is 5.75 Å². The second-order valence-electron chi connectivity index (χ2n) is 4.39. The van der Waals surface area contributed by atoms with E-state index in [1.54, 1.807) is 0 Å². The number of aryl methyl sites for hydroxylation is 2. The van der Waals surface area contributed by atoms with Crippen LogP contribution in [0.4, 0.5) is 0 Å². The molecule has 92 valence electrons. The summed E-state index contributed by atoms with van der Waals surface area (Å²) in [5.41, 5.74) is 3.60. The van der Waals surface area contributed by atoms with Gasteiger partial charge in [0.1, 0.15) is 12.4 Å². The maximum atomic E-state index is 5.75. The summed E-state index contributed by atoms with van der Waals surface area (Å²) in [7, 11) is 0. The SMILES string of the molecule is Cc1ccc(C)c(OC/C=C/c2ccccc2)c1. The van der Waals surface area contributed by atoms with E-state index in [1.807, 2.05) is 24.3 Å². The number of hydrogen-bond donors (Lipinski definition) is 0. The van der Waals surface area contributed by atoms with Gasteiger partial charge in [0.15, 0.2) is 0 Å². The molecule has 0 spiro atoms. The molecule has 0 saturated heterocycles. The van der Waals surface area contributed by atoms with E-state index < -0.39 is 0 Å². The molecule has 0 N–H and O–H groups in total. The highest BCUT2D eigenvalue weighted by molar-refractivity contribution is 5.48. The maximum Gasteiger partial charge on any atom is 0.122 e. The number of ether oxygens (including phenoxy) is 1. The summed E-state index contributed by atoms with van der Waals surface area (Å²) in [6.07, 6.45) is 4.11. The van der Waals surface area contributed by atoms with Gasteiger partial charge in [0.05, 0.1) is 0 Å². The molecule has 1 nitrogen and oxygen atoms in total. The number of rotatable bonds is 4. The van der Waals surface area contributed by atoms with Gasteiger partial charge in [-0.05, 0) is 42.7 Å². The van der Waals surface area contributed by atoms with E-state index >= 15 is 0 Å². The molecule has 0 radical (unpaired) electrons. The van der Waals surface area contributed by atoms with Crippen molar-refractivity contribution in [1.82, 2.24) is 0 Å². The van der Waals surface area contributed by atoms with Crippen molar-refractivity contribution in [1.29, 1.82) is 0 Å². The Morgan fingerprint density at radius 2 is 1.78 bits per heavy atom. The fourth-order valence-electron chi connectivity index (χ4n) is 1.75. The molecule has 2 aromatic carbocycles. The molecule has 0 amide bonds. The van der Waals surface area contributed by atoms with E-state index in [0.29, 0.717) is 6.61 Å². The Labute approximate surface area is 109 Å². The minimum absolute atomic E-state index is 0.596. The van der Waals surface area contributed by atoms with E-state index in [4.69, 9.17) is 4.74 Å². The van der Waals surface area contributed by atoms with Gasteiger partial charge >= 0.3 is 0 Å². The van der Waals surface area contributed by atoms with Gasteiger partial charge in [-0.25, -0.2) is 0 Å². The van der Waals surface area contributed by atoms with Crippen LogP contribution in [0, 0.1) is 13.8 Å². The molecule has 0 heterocycles. The highest BCUT2D eigenvalue weighted by Crippen LogP contribution is 2.19. The molecule has 2 rings (SSSR count). The lowest BCUT2D eigenvalue weighted by Crippen LogP contribution is -1.95. The Morgan fingerprint density at radius 1 is 1.00 bits per heavy atom. The summed E-state index contributed by atoms with van der Waals surface area (Å²) in [5.74, 6) is 0.965. The van der Waals surface area contributed by atoms with Crippen LogP contribution in [0.15, 0.2) is 54.6 Å². The van der Waals surface area contributed by atoms with Gasteiger partial charge in [-0.1, -0.05) is 48.5 Å². The van der Waals surface area contributed by atoms with Crippen molar-refractivity contribution in [3.63, 3.8) is 0 Å². The summed E-state index contributed by atoms with van der Waals surface area (Å²) < 4.78 is 5.75. The quantitative estimate of drug-likeness (QED) is 0.767. The van der Waals surface area contributed by atoms with Crippen molar-refractivity contribution in [3.05, 3.63) is 71.3 Å². The second kappa shape index (κ2) is 6.06. The van der Waals surface area contributed by atoms with Crippen LogP contribution >= 0.6 is 0 Å². The Balaban J connectivity index is 1.92. The first-order chi connectivity index (χ1) is 8.75.